The maximum absolute atomic E-state index is 12.1. The highest BCUT2D eigenvalue weighted by molar-refractivity contribution is 7.08. The van der Waals surface area contributed by atoms with E-state index in [0.717, 1.165) is 30.1 Å². The van der Waals surface area contributed by atoms with E-state index in [2.05, 4.69) is 21.6 Å². The van der Waals surface area contributed by atoms with Gasteiger partial charge in [-0.1, -0.05) is 17.8 Å². The number of carbonyl (C=O) groups is 1. The Hall–Kier alpha value is -1.56. The summed E-state index contributed by atoms with van der Waals surface area (Å²) in [6, 6.07) is 0. The third-order valence-corrected chi connectivity index (χ3v) is 2.98. The van der Waals surface area contributed by atoms with Gasteiger partial charge in [0.1, 0.15) is 4.88 Å². The van der Waals surface area contributed by atoms with Crippen molar-refractivity contribution in [2.45, 2.75) is 19.8 Å². The van der Waals surface area contributed by atoms with Crippen molar-refractivity contribution in [3.05, 3.63) is 28.5 Å². The van der Waals surface area contributed by atoms with E-state index < -0.39 is 0 Å². The Morgan fingerprint density at radius 2 is 2.38 bits per heavy atom. The Morgan fingerprint density at radius 1 is 1.56 bits per heavy atom. The first-order chi connectivity index (χ1) is 7.72. The van der Waals surface area contributed by atoms with E-state index in [0.29, 0.717) is 10.4 Å². The van der Waals surface area contributed by atoms with Gasteiger partial charge < -0.3 is 0 Å². The molecule has 0 saturated heterocycles. The predicted octanol–water partition coefficient (Wildman–Crippen LogP) is 1.46. The van der Waals surface area contributed by atoms with Gasteiger partial charge in [0.05, 0.1) is 17.5 Å². The molecular formula is C10H12N4OS. The maximum atomic E-state index is 12.1. The van der Waals surface area contributed by atoms with Crippen LogP contribution in [-0.2, 0) is 13.5 Å². The first kappa shape index (κ1) is 10.9. The Morgan fingerprint density at radius 3 is 3.00 bits per heavy atom. The molecule has 0 saturated carbocycles. The van der Waals surface area contributed by atoms with Crippen molar-refractivity contribution in [2.75, 3.05) is 0 Å². The van der Waals surface area contributed by atoms with Crippen LogP contribution in [0.4, 0.5) is 0 Å². The minimum atomic E-state index is -0.0356. The van der Waals surface area contributed by atoms with Crippen molar-refractivity contribution in [3.8, 4) is 0 Å². The van der Waals surface area contributed by atoms with Gasteiger partial charge in [0.15, 0.2) is 0 Å². The molecule has 0 fully saturated rings. The zero-order chi connectivity index (χ0) is 11.5. The van der Waals surface area contributed by atoms with E-state index >= 15 is 0 Å². The maximum Gasteiger partial charge on any atom is 0.209 e. The Labute approximate surface area is 97.3 Å². The molecule has 0 aromatic carbocycles. The fraction of sp³-hybridized carbons (Fsp3) is 0.400. The molecule has 2 aromatic heterocycles. The van der Waals surface area contributed by atoms with Crippen LogP contribution in [0.3, 0.4) is 0 Å². The molecule has 2 rings (SSSR count). The van der Waals surface area contributed by atoms with Crippen LogP contribution in [0.15, 0.2) is 12.4 Å². The van der Waals surface area contributed by atoms with Crippen LogP contribution >= 0.6 is 11.5 Å². The molecule has 0 atom stereocenters. The van der Waals surface area contributed by atoms with Gasteiger partial charge in [0.25, 0.3) is 0 Å². The minimum absolute atomic E-state index is 0.0356. The van der Waals surface area contributed by atoms with Crippen LogP contribution in [0, 0.1) is 0 Å². The number of aromatic nitrogens is 4. The van der Waals surface area contributed by atoms with Gasteiger partial charge in [-0.15, -0.1) is 5.10 Å². The first-order valence-electron chi connectivity index (χ1n) is 5.07. The standard InChI is InChI=1S/C10H12N4OS/c1-3-4-8-10(16-13-12-8)9(15)7-5-11-14(2)6-7/h5-6H,3-4H2,1-2H3. The molecule has 0 aliphatic rings. The van der Waals surface area contributed by atoms with Crippen LogP contribution in [0.25, 0.3) is 0 Å². The molecule has 0 radical (unpaired) electrons. The number of carbonyl (C=O) groups excluding carboxylic acids is 1. The quantitative estimate of drug-likeness (QED) is 0.754. The summed E-state index contributed by atoms with van der Waals surface area (Å²) in [6.45, 7) is 2.05. The van der Waals surface area contributed by atoms with Gasteiger partial charge in [-0.3, -0.25) is 9.48 Å². The van der Waals surface area contributed by atoms with Crippen molar-refractivity contribution < 1.29 is 4.79 Å². The molecule has 0 aliphatic carbocycles. The fourth-order valence-electron chi connectivity index (χ4n) is 1.45. The summed E-state index contributed by atoms with van der Waals surface area (Å²) >= 11 is 1.15. The molecule has 0 N–H and O–H groups in total. The van der Waals surface area contributed by atoms with Crippen molar-refractivity contribution in [3.63, 3.8) is 0 Å². The average Bonchev–Trinajstić information content (AvgIpc) is 2.87. The summed E-state index contributed by atoms with van der Waals surface area (Å²) in [6.07, 6.45) is 5.02. The molecule has 2 heterocycles. The Balaban J connectivity index is 2.30. The molecule has 0 amide bonds. The lowest BCUT2D eigenvalue weighted by Crippen LogP contribution is -2.01. The lowest BCUT2D eigenvalue weighted by Gasteiger charge is -1.96. The van der Waals surface area contributed by atoms with Gasteiger partial charge in [-0.05, 0) is 18.0 Å². The highest BCUT2D eigenvalue weighted by Gasteiger charge is 2.18. The number of ketones is 1. The zero-order valence-corrected chi connectivity index (χ0v) is 9.99. The Kier molecular flexibility index (Phi) is 3.09. The largest absolute Gasteiger partial charge is 0.287 e. The van der Waals surface area contributed by atoms with E-state index in [1.807, 2.05) is 0 Å². The molecular weight excluding hydrogens is 224 g/mol. The summed E-state index contributed by atoms with van der Waals surface area (Å²) in [5, 5.41) is 7.96. The third-order valence-electron chi connectivity index (χ3n) is 2.22. The van der Waals surface area contributed by atoms with Crippen LogP contribution in [0.5, 0.6) is 0 Å². The van der Waals surface area contributed by atoms with E-state index in [9.17, 15) is 4.79 Å². The SMILES string of the molecule is CCCc1nnsc1C(=O)c1cnn(C)c1. The summed E-state index contributed by atoms with van der Waals surface area (Å²) in [7, 11) is 1.79. The molecule has 0 aliphatic heterocycles. The van der Waals surface area contributed by atoms with Crippen molar-refractivity contribution in [1.82, 2.24) is 19.4 Å². The molecule has 5 nitrogen and oxygen atoms in total. The molecule has 0 bridgehead atoms. The number of aryl methyl sites for hydroxylation is 2. The second-order valence-electron chi connectivity index (χ2n) is 3.53. The lowest BCUT2D eigenvalue weighted by atomic mass is 10.1. The zero-order valence-electron chi connectivity index (χ0n) is 9.17. The number of hydrogen-bond donors (Lipinski definition) is 0. The number of rotatable bonds is 4. The van der Waals surface area contributed by atoms with E-state index in [1.54, 1.807) is 24.1 Å². The summed E-state index contributed by atoms with van der Waals surface area (Å²) < 4.78 is 5.45. The molecule has 0 unspecified atom stereocenters. The van der Waals surface area contributed by atoms with Gasteiger partial charge in [0.2, 0.25) is 5.78 Å². The topological polar surface area (TPSA) is 60.7 Å². The van der Waals surface area contributed by atoms with Crippen LogP contribution in [0.2, 0.25) is 0 Å². The second kappa shape index (κ2) is 4.52. The van der Waals surface area contributed by atoms with Crippen LogP contribution in [-0.4, -0.2) is 25.2 Å². The van der Waals surface area contributed by atoms with Crippen LogP contribution in [0.1, 0.15) is 34.3 Å². The van der Waals surface area contributed by atoms with Crippen molar-refractivity contribution in [2.24, 2.45) is 7.05 Å². The average molecular weight is 236 g/mol. The molecule has 84 valence electrons. The summed E-state index contributed by atoms with van der Waals surface area (Å²) in [5.41, 5.74) is 1.38. The highest BCUT2D eigenvalue weighted by atomic mass is 32.1. The van der Waals surface area contributed by atoms with E-state index in [1.165, 1.54) is 0 Å². The monoisotopic (exact) mass is 236 g/mol. The Bertz CT molecular complexity index is 502. The van der Waals surface area contributed by atoms with E-state index in [4.69, 9.17) is 0 Å². The molecule has 6 heteroatoms. The fourth-order valence-corrected chi connectivity index (χ4v) is 2.12. The van der Waals surface area contributed by atoms with Gasteiger partial charge in [-0.2, -0.15) is 5.10 Å². The molecule has 16 heavy (non-hydrogen) atoms. The predicted molar refractivity (Wildman–Crippen MR) is 60.5 cm³/mol. The molecule has 2 aromatic rings. The lowest BCUT2D eigenvalue weighted by molar-refractivity contribution is 0.104. The van der Waals surface area contributed by atoms with E-state index in [-0.39, 0.29) is 5.78 Å². The third kappa shape index (κ3) is 2.01. The van der Waals surface area contributed by atoms with Crippen LogP contribution < -0.4 is 0 Å². The second-order valence-corrected chi connectivity index (χ2v) is 4.28. The normalized spacial score (nSPS) is 10.6. The number of hydrogen-bond acceptors (Lipinski definition) is 5. The van der Waals surface area contributed by atoms with Crippen molar-refractivity contribution in [1.29, 1.82) is 0 Å². The van der Waals surface area contributed by atoms with Gasteiger partial charge in [-0.25, -0.2) is 0 Å². The highest BCUT2D eigenvalue weighted by Crippen LogP contribution is 2.17. The summed E-state index contributed by atoms with van der Waals surface area (Å²) in [4.78, 5) is 12.7. The summed E-state index contributed by atoms with van der Waals surface area (Å²) in [5.74, 6) is -0.0356. The first-order valence-corrected chi connectivity index (χ1v) is 5.84. The molecule has 0 spiro atoms. The smallest absolute Gasteiger partial charge is 0.209 e. The minimum Gasteiger partial charge on any atom is -0.287 e. The van der Waals surface area contributed by atoms with Gasteiger partial charge >= 0.3 is 0 Å². The van der Waals surface area contributed by atoms with Crippen molar-refractivity contribution >= 4 is 17.3 Å². The van der Waals surface area contributed by atoms with Gasteiger partial charge in [0, 0.05) is 13.2 Å². The number of nitrogens with zero attached hydrogens (tertiary/aromatic N) is 4.